The predicted molar refractivity (Wildman–Crippen MR) is 79.8 cm³/mol. The van der Waals surface area contributed by atoms with Crippen molar-refractivity contribution >= 4 is 0 Å². The molecule has 0 atom stereocenters. The zero-order chi connectivity index (χ0) is 13.1. The van der Waals surface area contributed by atoms with E-state index in [0.717, 1.165) is 23.7 Å². The second-order valence-corrected chi connectivity index (χ2v) is 9.14. The molecule has 0 radical (unpaired) electrons. The normalized spacial score (nSPS) is 56.5. The molecule has 0 aliphatic heterocycles. The van der Waals surface area contributed by atoms with Gasteiger partial charge in [-0.2, -0.15) is 0 Å². The van der Waals surface area contributed by atoms with Crippen molar-refractivity contribution in [3.05, 3.63) is 0 Å². The molecule has 5 fully saturated rings. The molecule has 0 amide bonds. The van der Waals surface area contributed by atoms with Crippen LogP contribution in [0.4, 0.5) is 0 Å². The standard InChI is InChI=1S/C18H31N/c1-13-2-4-18(19,5-3-13)12-17-9-14-6-15(10-17)8-16(7-14)11-17/h13-16H,2-12,19H2,1H3. The summed E-state index contributed by atoms with van der Waals surface area (Å²) in [7, 11) is 0. The van der Waals surface area contributed by atoms with Crippen LogP contribution in [0.3, 0.4) is 0 Å². The minimum absolute atomic E-state index is 0.207. The summed E-state index contributed by atoms with van der Waals surface area (Å²) in [6.45, 7) is 2.41. The van der Waals surface area contributed by atoms with Gasteiger partial charge in [-0.1, -0.05) is 6.92 Å². The monoisotopic (exact) mass is 261 g/mol. The summed E-state index contributed by atoms with van der Waals surface area (Å²) >= 11 is 0. The van der Waals surface area contributed by atoms with Crippen LogP contribution < -0.4 is 5.73 Å². The van der Waals surface area contributed by atoms with Gasteiger partial charge in [0.05, 0.1) is 0 Å². The fourth-order valence-electron chi connectivity index (χ4n) is 6.77. The molecule has 0 heterocycles. The predicted octanol–water partition coefficient (Wildman–Crippen LogP) is 4.50. The summed E-state index contributed by atoms with van der Waals surface area (Å²) in [5.74, 6) is 4.17. The van der Waals surface area contributed by atoms with Gasteiger partial charge in [0.1, 0.15) is 0 Å². The number of nitrogens with two attached hydrogens (primary N) is 1. The second kappa shape index (κ2) is 4.23. The SMILES string of the molecule is CC1CCC(N)(CC23CC4CC(CC(C4)C2)C3)CC1. The largest absolute Gasteiger partial charge is 0.325 e. The molecule has 1 nitrogen and oxygen atoms in total. The molecule has 5 rings (SSSR count). The highest BCUT2D eigenvalue weighted by Crippen LogP contribution is 2.62. The Balaban J connectivity index is 1.50. The molecule has 0 unspecified atom stereocenters. The van der Waals surface area contributed by atoms with Crippen LogP contribution in [0.25, 0.3) is 0 Å². The van der Waals surface area contributed by atoms with Crippen LogP contribution in [0, 0.1) is 29.1 Å². The van der Waals surface area contributed by atoms with Gasteiger partial charge in [0.15, 0.2) is 0 Å². The Kier molecular flexibility index (Phi) is 2.82. The van der Waals surface area contributed by atoms with Crippen molar-refractivity contribution in [3.8, 4) is 0 Å². The maximum atomic E-state index is 6.84. The van der Waals surface area contributed by atoms with Crippen LogP contribution in [-0.4, -0.2) is 5.54 Å². The number of rotatable bonds is 2. The third-order valence-corrected chi connectivity index (χ3v) is 7.16. The van der Waals surface area contributed by atoms with Crippen LogP contribution >= 0.6 is 0 Å². The Morgan fingerprint density at radius 2 is 1.37 bits per heavy atom. The van der Waals surface area contributed by atoms with E-state index in [9.17, 15) is 0 Å². The maximum absolute atomic E-state index is 6.84. The molecule has 2 N–H and O–H groups in total. The van der Waals surface area contributed by atoms with Crippen molar-refractivity contribution in [2.75, 3.05) is 0 Å². The first-order valence-electron chi connectivity index (χ1n) is 8.83. The van der Waals surface area contributed by atoms with E-state index in [4.69, 9.17) is 5.73 Å². The van der Waals surface area contributed by atoms with Crippen molar-refractivity contribution < 1.29 is 0 Å². The third-order valence-electron chi connectivity index (χ3n) is 7.16. The molecule has 19 heavy (non-hydrogen) atoms. The number of hydrogen-bond acceptors (Lipinski definition) is 1. The van der Waals surface area contributed by atoms with E-state index in [1.165, 1.54) is 51.4 Å². The third kappa shape index (κ3) is 2.26. The molecule has 1 heteroatoms. The van der Waals surface area contributed by atoms with Crippen molar-refractivity contribution in [1.82, 2.24) is 0 Å². The van der Waals surface area contributed by atoms with E-state index in [1.54, 1.807) is 19.3 Å². The lowest BCUT2D eigenvalue weighted by atomic mass is 9.47. The second-order valence-electron chi connectivity index (χ2n) is 9.14. The lowest BCUT2D eigenvalue weighted by molar-refractivity contribution is -0.0717. The van der Waals surface area contributed by atoms with Gasteiger partial charge in [0.2, 0.25) is 0 Å². The minimum Gasteiger partial charge on any atom is -0.325 e. The van der Waals surface area contributed by atoms with E-state index in [1.807, 2.05) is 0 Å². The van der Waals surface area contributed by atoms with E-state index >= 15 is 0 Å². The highest BCUT2D eigenvalue weighted by molar-refractivity contribution is 5.05. The quantitative estimate of drug-likeness (QED) is 0.778. The molecule has 0 spiro atoms. The first kappa shape index (κ1) is 12.7. The highest BCUT2D eigenvalue weighted by Gasteiger charge is 2.53. The maximum Gasteiger partial charge on any atom is 0.0159 e. The molecule has 0 aromatic heterocycles. The fraction of sp³-hybridized carbons (Fsp3) is 1.00. The van der Waals surface area contributed by atoms with Crippen LogP contribution in [-0.2, 0) is 0 Å². The fourth-order valence-corrected chi connectivity index (χ4v) is 6.77. The topological polar surface area (TPSA) is 26.0 Å². The molecule has 0 saturated heterocycles. The molecule has 5 saturated carbocycles. The summed E-state index contributed by atoms with van der Waals surface area (Å²) < 4.78 is 0. The van der Waals surface area contributed by atoms with Crippen molar-refractivity contribution in [2.45, 2.75) is 83.1 Å². The Morgan fingerprint density at radius 3 is 1.84 bits per heavy atom. The summed E-state index contributed by atoms with van der Waals surface area (Å²) in [6, 6.07) is 0. The van der Waals surface area contributed by atoms with E-state index in [-0.39, 0.29) is 5.54 Å². The highest BCUT2D eigenvalue weighted by atomic mass is 14.8. The molecular formula is C18H31N. The molecule has 108 valence electrons. The van der Waals surface area contributed by atoms with E-state index in [0.29, 0.717) is 5.41 Å². The van der Waals surface area contributed by atoms with Gasteiger partial charge in [-0.3, -0.25) is 0 Å². The smallest absolute Gasteiger partial charge is 0.0159 e. The minimum atomic E-state index is 0.207. The van der Waals surface area contributed by atoms with E-state index < -0.39 is 0 Å². The summed E-state index contributed by atoms with van der Waals surface area (Å²) in [4.78, 5) is 0. The van der Waals surface area contributed by atoms with Crippen LogP contribution in [0.1, 0.15) is 77.6 Å². The summed E-state index contributed by atoms with van der Waals surface area (Å²) in [6.07, 6.45) is 16.0. The number of hydrogen-bond donors (Lipinski definition) is 1. The van der Waals surface area contributed by atoms with Gasteiger partial charge in [-0.25, -0.2) is 0 Å². The zero-order valence-electron chi connectivity index (χ0n) is 12.7. The van der Waals surface area contributed by atoms with Crippen molar-refractivity contribution in [2.24, 2.45) is 34.8 Å². The molecule has 5 aliphatic carbocycles. The van der Waals surface area contributed by atoms with Gasteiger partial charge >= 0.3 is 0 Å². The lowest BCUT2D eigenvalue weighted by Crippen LogP contribution is -2.53. The average Bonchev–Trinajstić information content (AvgIpc) is 2.31. The van der Waals surface area contributed by atoms with Crippen LogP contribution in [0.5, 0.6) is 0 Å². The molecular weight excluding hydrogens is 230 g/mol. The molecule has 0 aromatic carbocycles. The first-order valence-corrected chi connectivity index (χ1v) is 8.83. The van der Waals surface area contributed by atoms with Crippen LogP contribution in [0.15, 0.2) is 0 Å². The molecule has 5 aliphatic rings. The van der Waals surface area contributed by atoms with Gasteiger partial charge < -0.3 is 5.73 Å². The van der Waals surface area contributed by atoms with Gasteiger partial charge in [0, 0.05) is 5.54 Å². The lowest BCUT2D eigenvalue weighted by Gasteiger charge is -2.59. The summed E-state index contributed by atoms with van der Waals surface area (Å²) in [5, 5.41) is 0. The Morgan fingerprint density at radius 1 is 0.895 bits per heavy atom. The Hall–Kier alpha value is -0.0400. The molecule has 0 aromatic rings. The average molecular weight is 261 g/mol. The van der Waals surface area contributed by atoms with E-state index in [2.05, 4.69) is 6.92 Å². The Labute approximate surface area is 118 Å². The van der Waals surface area contributed by atoms with Gasteiger partial charge in [-0.05, 0) is 99.7 Å². The van der Waals surface area contributed by atoms with Crippen molar-refractivity contribution in [1.29, 1.82) is 0 Å². The van der Waals surface area contributed by atoms with Crippen molar-refractivity contribution in [3.63, 3.8) is 0 Å². The van der Waals surface area contributed by atoms with Gasteiger partial charge in [0.25, 0.3) is 0 Å². The first-order chi connectivity index (χ1) is 9.04. The summed E-state index contributed by atoms with van der Waals surface area (Å²) in [5.41, 5.74) is 7.73. The zero-order valence-corrected chi connectivity index (χ0v) is 12.7. The Bertz CT molecular complexity index is 315. The molecule has 4 bridgehead atoms. The van der Waals surface area contributed by atoms with Crippen LogP contribution in [0.2, 0.25) is 0 Å². The van der Waals surface area contributed by atoms with Gasteiger partial charge in [-0.15, -0.1) is 0 Å².